The first-order valence-corrected chi connectivity index (χ1v) is 10.8. The summed E-state index contributed by atoms with van der Waals surface area (Å²) in [5, 5.41) is 7.55. The molecule has 0 radical (unpaired) electrons. The molecule has 0 amide bonds. The van der Waals surface area contributed by atoms with Gasteiger partial charge in [0, 0.05) is 18.4 Å². The Morgan fingerprint density at radius 3 is 2.77 bits per heavy atom. The fourth-order valence-corrected chi connectivity index (χ4v) is 7.20. The van der Waals surface area contributed by atoms with Gasteiger partial charge in [-0.05, 0) is 87.5 Å². The first-order valence-electron chi connectivity index (χ1n) is 10.8. The van der Waals surface area contributed by atoms with E-state index >= 15 is 0 Å². The Kier molecular flexibility index (Phi) is 4.92. The molecule has 0 bridgehead atoms. The van der Waals surface area contributed by atoms with E-state index in [0.717, 1.165) is 56.4 Å². The van der Waals surface area contributed by atoms with E-state index in [9.17, 15) is 4.79 Å². The van der Waals surface area contributed by atoms with Gasteiger partial charge in [-0.2, -0.15) is 0 Å². The van der Waals surface area contributed by atoms with Gasteiger partial charge in [0.2, 0.25) is 0 Å². The Labute approximate surface area is 158 Å². The van der Waals surface area contributed by atoms with E-state index in [2.05, 4.69) is 24.3 Å². The average molecular weight is 361 g/mol. The molecule has 146 valence electrons. The molecule has 4 aliphatic rings. The number of Topliss-reactive ketones (excluding diaryl/α,β-unsaturated/α-hetero) is 1. The van der Waals surface area contributed by atoms with Crippen LogP contribution in [0.5, 0.6) is 0 Å². The van der Waals surface area contributed by atoms with Crippen LogP contribution in [0, 0.1) is 34.5 Å². The van der Waals surface area contributed by atoms with Gasteiger partial charge in [0.1, 0.15) is 12.4 Å². The van der Waals surface area contributed by atoms with Crippen molar-refractivity contribution in [2.75, 3.05) is 20.2 Å². The van der Waals surface area contributed by atoms with Crippen molar-refractivity contribution >= 4 is 11.5 Å². The number of rotatable bonds is 4. The number of ketones is 1. The number of carbonyl (C=O) groups is 1. The second-order valence-corrected chi connectivity index (χ2v) is 9.87. The standard InChI is InChI=1S/C22H36N2O2/c1-21-10-8-16(24-26-13-12-23-3)14-15(21)4-5-17-18-6-7-20(25)22(18,2)11-9-19(17)21/h15,17-19,23H,4-14H2,1-3H3/t15?,17?,18?,19?,21-,22-/m0/s1. The molecule has 6 atom stereocenters. The maximum Gasteiger partial charge on any atom is 0.139 e. The summed E-state index contributed by atoms with van der Waals surface area (Å²) in [4.78, 5) is 18.0. The third kappa shape index (κ3) is 2.83. The van der Waals surface area contributed by atoms with E-state index < -0.39 is 0 Å². The van der Waals surface area contributed by atoms with Gasteiger partial charge in [-0.15, -0.1) is 0 Å². The number of hydrogen-bond donors (Lipinski definition) is 1. The van der Waals surface area contributed by atoms with E-state index in [1.807, 2.05) is 7.05 Å². The molecule has 4 unspecified atom stereocenters. The maximum absolute atomic E-state index is 12.5. The quantitative estimate of drug-likeness (QED) is 0.604. The summed E-state index contributed by atoms with van der Waals surface area (Å²) in [6.07, 6.45) is 10.5. The smallest absolute Gasteiger partial charge is 0.139 e. The van der Waals surface area contributed by atoms with Crippen LogP contribution in [0.2, 0.25) is 0 Å². The summed E-state index contributed by atoms with van der Waals surface area (Å²) in [5.74, 6) is 3.57. The van der Waals surface area contributed by atoms with Crippen LogP contribution in [-0.4, -0.2) is 31.7 Å². The zero-order valence-corrected chi connectivity index (χ0v) is 16.9. The number of nitrogens with one attached hydrogen (secondary N) is 1. The van der Waals surface area contributed by atoms with Crippen LogP contribution in [0.3, 0.4) is 0 Å². The molecular weight excluding hydrogens is 324 g/mol. The number of oxime groups is 1. The summed E-state index contributed by atoms with van der Waals surface area (Å²) in [6, 6.07) is 0. The highest BCUT2D eigenvalue weighted by Crippen LogP contribution is 2.65. The van der Waals surface area contributed by atoms with Crippen molar-refractivity contribution in [3.63, 3.8) is 0 Å². The van der Waals surface area contributed by atoms with Gasteiger partial charge in [0.05, 0.1) is 5.71 Å². The van der Waals surface area contributed by atoms with E-state index in [-0.39, 0.29) is 5.41 Å². The second kappa shape index (κ2) is 6.92. The highest BCUT2D eigenvalue weighted by Gasteiger charge is 2.60. The second-order valence-electron chi connectivity index (χ2n) is 9.87. The van der Waals surface area contributed by atoms with Gasteiger partial charge in [0.25, 0.3) is 0 Å². The molecule has 0 saturated heterocycles. The monoisotopic (exact) mass is 360 g/mol. The lowest BCUT2D eigenvalue weighted by molar-refractivity contribution is -0.137. The van der Waals surface area contributed by atoms with Gasteiger partial charge in [-0.25, -0.2) is 0 Å². The Morgan fingerprint density at radius 1 is 1.12 bits per heavy atom. The van der Waals surface area contributed by atoms with Crippen LogP contribution < -0.4 is 5.32 Å². The molecule has 4 saturated carbocycles. The molecular formula is C22H36N2O2. The summed E-state index contributed by atoms with van der Waals surface area (Å²) >= 11 is 0. The van der Waals surface area contributed by atoms with Crippen molar-refractivity contribution in [3.05, 3.63) is 0 Å². The van der Waals surface area contributed by atoms with Crippen LogP contribution in [0.25, 0.3) is 0 Å². The minimum absolute atomic E-state index is 0.00675. The first kappa shape index (κ1) is 18.5. The van der Waals surface area contributed by atoms with Crippen molar-refractivity contribution in [1.29, 1.82) is 0 Å². The van der Waals surface area contributed by atoms with Crippen LogP contribution in [0.15, 0.2) is 5.16 Å². The van der Waals surface area contributed by atoms with Crippen LogP contribution in [0.4, 0.5) is 0 Å². The van der Waals surface area contributed by atoms with Gasteiger partial charge in [0.15, 0.2) is 0 Å². The Morgan fingerprint density at radius 2 is 1.96 bits per heavy atom. The van der Waals surface area contributed by atoms with Gasteiger partial charge in [-0.1, -0.05) is 19.0 Å². The molecule has 0 aromatic heterocycles. The molecule has 4 nitrogen and oxygen atoms in total. The van der Waals surface area contributed by atoms with E-state index in [0.29, 0.717) is 23.7 Å². The van der Waals surface area contributed by atoms with E-state index in [1.54, 1.807) is 0 Å². The molecule has 0 aliphatic heterocycles. The summed E-state index contributed by atoms with van der Waals surface area (Å²) < 4.78 is 0. The van der Waals surface area contributed by atoms with E-state index in [1.165, 1.54) is 31.4 Å². The van der Waals surface area contributed by atoms with Crippen molar-refractivity contribution < 1.29 is 9.63 Å². The zero-order chi connectivity index (χ0) is 18.4. The van der Waals surface area contributed by atoms with Crippen molar-refractivity contribution in [3.8, 4) is 0 Å². The lowest BCUT2D eigenvalue weighted by atomic mass is 9.45. The number of fused-ring (bicyclic) bond motifs is 5. The molecule has 4 heteroatoms. The highest BCUT2D eigenvalue weighted by atomic mass is 16.6. The maximum atomic E-state index is 12.5. The van der Waals surface area contributed by atoms with Crippen LogP contribution in [-0.2, 0) is 9.63 Å². The third-order valence-electron chi connectivity index (χ3n) is 8.85. The summed E-state index contributed by atoms with van der Waals surface area (Å²) in [7, 11) is 1.94. The molecule has 4 rings (SSSR count). The minimum Gasteiger partial charge on any atom is -0.394 e. The summed E-state index contributed by atoms with van der Waals surface area (Å²) in [6.45, 7) is 6.35. The predicted octanol–water partition coefficient (Wildman–Crippen LogP) is 4.19. The fraction of sp³-hybridized carbons (Fsp3) is 0.909. The Balaban J connectivity index is 1.46. The van der Waals surface area contributed by atoms with Crippen LogP contribution >= 0.6 is 0 Å². The normalized spacial score (nSPS) is 46.6. The zero-order valence-electron chi connectivity index (χ0n) is 16.9. The lowest BCUT2D eigenvalue weighted by Crippen LogP contribution is -2.53. The topological polar surface area (TPSA) is 50.7 Å². The van der Waals surface area contributed by atoms with Crippen molar-refractivity contribution in [1.82, 2.24) is 5.32 Å². The van der Waals surface area contributed by atoms with Crippen molar-refractivity contribution in [2.24, 2.45) is 39.7 Å². The van der Waals surface area contributed by atoms with Crippen molar-refractivity contribution in [2.45, 2.75) is 71.6 Å². The molecule has 0 aromatic rings. The van der Waals surface area contributed by atoms with Gasteiger partial charge >= 0.3 is 0 Å². The average Bonchev–Trinajstić information content (AvgIpc) is 2.94. The highest BCUT2D eigenvalue weighted by molar-refractivity contribution is 5.87. The minimum atomic E-state index is 0.00675. The molecule has 26 heavy (non-hydrogen) atoms. The summed E-state index contributed by atoms with van der Waals surface area (Å²) in [5.41, 5.74) is 1.73. The number of likely N-dealkylation sites (N-methyl/N-ethyl adjacent to an activating group) is 1. The molecule has 0 aromatic carbocycles. The predicted molar refractivity (Wildman–Crippen MR) is 104 cm³/mol. The lowest BCUT2D eigenvalue weighted by Gasteiger charge is -2.59. The molecule has 0 spiro atoms. The first-order chi connectivity index (χ1) is 12.5. The van der Waals surface area contributed by atoms with Crippen LogP contribution in [0.1, 0.15) is 71.6 Å². The molecule has 1 N–H and O–H groups in total. The number of hydrogen-bond acceptors (Lipinski definition) is 4. The molecule has 4 fully saturated rings. The van der Waals surface area contributed by atoms with E-state index in [4.69, 9.17) is 4.84 Å². The van der Waals surface area contributed by atoms with Gasteiger partial charge in [-0.3, -0.25) is 4.79 Å². The SMILES string of the molecule is CNCCON=C1CC[C@@]2(C)C(CCC3C2CC[C@]2(C)C(=O)CCC32)C1. The molecule has 0 heterocycles. The number of carbonyl (C=O) groups excluding carboxylic acids is 1. The van der Waals surface area contributed by atoms with Gasteiger partial charge < -0.3 is 10.2 Å². The number of nitrogens with zero attached hydrogens (tertiary/aromatic N) is 1. The largest absolute Gasteiger partial charge is 0.394 e. The molecule has 4 aliphatic carbocycles. The Hall–Kier alpha value is -0.900. The Bertz CT molecular complexity index is 589. The third-order valence-corrected chi connectivity index (χ3v) is 8.85. The fourth-order valence-electron chi connectivity index (χ4n) is 7.20.